The van der Waals surface area contributed by atoms with Crippen LogP contribution in [-0.2, 0) is 0 Å². The average molecular weight is 224 g/mol. The van der Waals surface area contributed by atoms with Crippen molar-refractivity contribution >= 4 is 11.5 Å². The zero-order valence-electron chi connectivity index (χ0n) is 9.94. The number of nitrogens with two attached hydrogens (primary N) is 2. The predicted molar refractivity (Wildman–Crippen MR) is 66.3 cm³/mol. The summed E-state index contributed by atoms with van der Waals surface area (Å²) in [6.07, 6.45) is 0. The summed E-state index contributed by atoms with van der Waals surface area (Å²) >= 11 is 0. The average Bonchev–Trinajstić information content (AvgIpc) is 2.29. The Morgan fingerprint density at radius 1 is 1.25 bits per heavy atom. The molecule has 1 aromatic rings. The van der Waals surface area contributed by atoms with E-state index in [1.54, 1.807) is 12.1 Å². The van der Waals surface area contributed by atoms with Crippen LogP contribution in [0.25, 0.3) is 0 Å². The Hall–Kier alpha value is -1.49. The number of hydrogen-bond donors (Lipinski definition) is 2. The first kappa shape index (κ1) is 12.6. The zero-order chi connectivity index (χ0) is 12.0. The first-order valence-corrected chi connectivity index (χ1v) is 5.54. The van der Waals surface area contributed by atoms with Gasteiger partial charge in [0.05, 0.1) is 5.69 Å². The maximum atomic E-state index is 5.58. The van der Waals surface area contributed by atoms with E-state index >= 15 is 0 Å². The first-order valence-electron chi connectivity index (χ1n) is 5.54. The molecule has 0 aliphatic rings. The molecule has 0 unspecified atom stereocenters. The molecule has 0 atom stereocenters. The van der Waals surface area contributed by atoms with E-state index in [4.69, 9.17) is 16.2 Å². The van der Waals surface area contributed by atoms with Crippen molar-refractivity contribution in [2.45, 2.75) is 13.8 Å². The Balaban J connectivity index is 2.40. The lowest BCUT2D eigenvalue weighted by Crippen LogP contribution is -2.28. The topological polar surface area (TPSA) is 77.4 Å². The summed E-state index contributed by atoms with van der Waals surface area (Å²) < 4.78 is 5.49. The predicted octanol–water partition coefficient (Wildman–Crippen LogP) is 0.967. The number of aromatic nitrogens is 1. The molecule has 0 aliphatic carbocycles. The highest BCUT2D eigenvalue weighted by Crippen LogP contribution is 2.16. The number of nitrogen functional groups attached to an aromatic ring is 2. The van der Waals surface area contributed by atoms with Crippen molar-refractivity contribution in [3.05, 3.63) is 12.1 Å². The van der Waals surface area contributed by atoms with Crippen LogP contribution in [0.1, 0.15) is 13.8 Å². The van der Waals surface area contributed by atoms with Gasteiger partial charge in [0.1, 0.15) is 6.61 Å². The van der Waals surface area contributed by atoms with Crippen LogP contribution in [0, 0.1) is 0 Å². The molecule has 0 saturated heterocycles. The Morgan fingerprint density at radius 3 is 2.50 bits per heavy atom. The number of anilines is 2. The van der Waals surface area contributed by atoms with Crippen LogP contribution in [0.2, 0.25) is 0 Å². The smallest absolute Gasteiger partial charge is 0.215 e. The molecule has 0 spiro atoms. The second-order valence-corrected chi connectivity index (χ2v) is 3.50. The SMILES string of the molecule is CCN(CC)CCOc1ccc(N)c(N)n1. The summed E-state index contributed by atoms with van der Waals surface area (Å²) in [5.74, 6) is 0.846. The molecule has 1 rings (SSSR count). The molecular weight excluding hydrogens is 204 g/mol. The molecule has 1 heterocycles. The Bertz CT molecular complexity index is 326. The van der Waals surface area contributed by atoms with Gasteiger partial charge < -0.3 is 21.1 Å². The van der Waals surface area contributed by atoms with Crippen LogP contribution in [0.4, 0.5) is 11.5 Å². The number of hydrogen-bond acceptors (Lipinski definition) is 5. The third kappa shape index (κ3) is 3.58. The standard InChI is InChI=1S/C11H20N4O/c1-3-15(4-2)7-8-16-10-6-5-9(12)11(13)14-10/h5-6H,3-4,7-8,12H2,1-2H3,(H2,13,14). The molecule has 0 amide bonds. The number of nitrogens with zero attached hydrogens (tertiary/aromatic N) is 2. The second kappa shape index (κ2) is 6.17. The van der Waals surface area contributed by atoms with Crippen molar-refractivity contribution < 1.29 is 4.74 Å². The van der Waals surface area contributed by atoms with Gasteiger partial charge in [-0.2, -0.15) is 4.98 Å². The van der Waals surface area contributed by atoms with Crippen LogP contribution < -0.4 is 16.2 Å². The van der Waals surface area contributed by atoms with E-state index in [1.807, 2.05) is 0 Å². The van der Waals surface area contributed by atoms with Crippen LogP contribution in [-0.4, -0.2) is 36.1 Å². The van der Waals surface area contributed by atoms with E-state index in [-0.39, 0.29) is 0 Å². The molecular formula is C11H20N4O. The maximum Gasteiger partial charge on any atom is 0.215 e. The Kier molecular flexibility index (Phi) is 4.85. The minimum absolute atomic E-state index is 0.320. The molecule has 5 nitrogen and oxygen atoms in total. The highest BCUT2D eigenvalue weighted by atomic mass is 16.5. The largest absolute Gasteiger partial charge is 0.476 e. The van der Waals surface area contributed by atoms with Crippen LogP contribution in [0.15, 0.2) is 12.1 Å². The van der Waals surface area contributed by atoms with Gasteiger partial charge in [-0.1, -0.05) is 13.8 Å². The minimum Gasteiger partial charge on any atom is -0.476 e. The molecule has 0 saturated carbocycles. The fraction of sp³-hybridized carbons (Fsp3) is 0.545. The number of likely N-dealkylation sites (N-methyl/N-ethyl adjacent to an activating group) is 1. The summed E-state index contributed by atoms with van der Waals surface area (Å²) in [5.41, 5.74) is 11.6. The zero-order valence-corrected chi connectivity index (χ0v) is 9.94. The van der Waals surface area contributed by atoms with E-state index < -0.39 is 0 Å². The molecule has 0 bridgehead atoms. The van der Waals surface area contributed by atoms with Gasteiger partial charge in [-0.3, -0.25) is 0 Å². The van der Waals surface area contributed by atoms with Crippen LogP contribution in [0.5, 0.6) is 5.88 Å². The summed E-state index contributed by atoms with van der Waals surface area (Å²) in [7, 11) is 0. The van der Waals surface area contributed by atoms with Crippen LogP contribution >= 0.6 is 0 Å². The summed E-state index contributed by atoms with van der Waals surface area (Å²) in [4.78, 5) is 6.31. The second-order valence-electron chi connectivity index (χ2n) is 3.50. The van der Waals surface area contributed by atoms with Crippen molar-refractivity contribution in [3.8, 4) is 5.88 Å². The molecule has 0 aromatic carbocycles. The lowest BCUT2D eigenvalue weighted by Gasteiger charge is -2.17. The van der Waals surface area contributed by atoms with E-state index in [0.717, 1.165) is 19.6 Å². The third-order valence-corrected chi connectivity index (χ3v) is 2.48. The minimum atomic E-state index is 0.320. The number of rotatable bonds is 6. The van der Waals surface area contributed by atoms with Gasteiger partial charge in [-0.25, -0.2) is 0 Å². The van der Waals surface area contributed by atoms with Gasteiger partial charge in [0.15, 0.2) is 5.82 Å². The van der Waals surface area contributed by atoms with E-state index in [0.29, 0.717) is 24.0 Å². The van der Waals surface area contributed by atoms with Gasteiger partial charge in [0.25, 0.3) is 0 Å². The van der Waals surface area contributed by atoms with Gasteiger partial charge in [-0.15, -0.1) is 0 Å². The van der Waals surface area contributed by atoms with Crippen molar-refractivity contribution in [2.24, 2.45) is 0 Å². The van der Waals surface area contributed by atoms with Gasteiger partial charge in [-0.05, 0) is 19.2 Å². The Morgan fingerprint density at radius 2 is 1.94 bits per heavy atom. The van der Waals surface area contributed by atoms with Gasteiger partial charge >= 0.3 is 0 Å². The first-order chi connectivity index (χ1) is 7.67. The molecule has 0 aliphatic heterocycles. The van der Waals surface area contributed by atoms with E-state index in [1.165, 1.54) is 0 Å². The third-order valence-electron chi connectivity index (χ3n) is 2.48. The van der Waals surface area contributed by atoms with Gasteiger partial charge in [0, 0.05) is 12.6 Å². The highest BCUT2D eigenvalue weighted by molar-refractivity contribution is 5.58. The van der Waals surface area contributed by atoms with E-state index in [2.05, 4.69) is 23.7 Å². The molecule has 4 N–H and O–H groups in total. The molecule has 16 heavy (non-hydrogen) atoms. The van der Waals surface area contributed by atoms with Crippen molar-refractivity contribution in [1.82, 2.24) is 9.88 Å². The lowest BCUT2D eigenvalue weighted by molar-refractivity contribution is 0.218. The fourth-order valence-electron chi connectivity index (χ4n) is 1.37. The molecule has 1 aromatic heterocycles. The summed E-state index contributed by atoms with van der Waals surface area (Å²) in [6.45, 7) is 7.80. The fourth-order valence-corrected chi connectivity index (χ4v) is 1.37. The van der Waals surface area contributed by atoms with Gasteiger partial charge in [0.2, 0.25) is 5.88 Å². The summed E-state index contributed by atoms with van der Waals surface area (Å²) in [6, 6.07) is 3.43. The highest BCUT2D eigenvalue weighted by Gasteiger charge is 2.02. The number of ether oxygens (including phenoxy) is 1. The Labute approximate surface area is 96.4 Å². The summed E-state index contributed by atoms with van der Waals surface area (Å²) in [5, 5.41) is 0. The lowest BCUT2D eigenvalue weighted by atomic mass is 10.4. The molecule has 90 valence electrons. The molecule has 0 fully saturated rings. The molecule has 0 radical (unpaired) electrons. The van der Waals surface area contributed by atoms with E-state index in [9.17, 15) is 0 Å². The van der Waals surface area contributed by atoms with Crippen molar-refractivity contribution in [2.75, 3.05) is 37.7 Å². The van der Waals surface area contributed by atoms with Crippen LogP contribution in [0.3, 0.4) is 0 Å². The maximum absolute atomic E-state index is 5.58. The quantitative estimate of drug-likeness (QED) is 0.752. The monoisotopic (exact) mass is 224 g/mol. The van der Waals surface area contributed by atoms with Crippen molar-refractivity contribution in [1.29, 1.82) is 0 Å². The molecule has 5 heteroatoms. The normalized spacial score (nSPS) is 10.7. The number of pyridine rings is 1. The van der Waals surface area contributed by atoms with Crippen molar-refractivity contribution in [3.63, 3.8) is 0 Å².